The van der Waals surface area contributed by atoms with Crippen LogP contribution < -0.4 is 5.32 Å². The highest BCUT2D eigenvalue weighted by Crippen LogP contribution is 2.36. The van der Waals surface area contributed by atoms with Crippen molar-refractivity contribution in [1.82, 2.24) is 25.1 Å². The first-order chi connectivity index (χ1) is 17.9. The molecule has 0 radical (unpaired) electrons. The first-order valence-corrected chi connectivity index (χ1v) is 12.9. The Bertz CT molecular complexity index is 1290. The first kappa shape index (κ1) is 25.0. The van der Waals surface area contributed by atoms with Gasteiger partial charge in [-0.3, -0.25) is 14.6 Å². The highest BCUT2D eigenvalue weighted by atomic mass is 79.9. The molecule has 0 spiro atoms. The van der Waals surface area contributed by atoms with E-state index in [0.717, 1.165) is 21.2 Å². The van der Waals surface area contributed by atoms with Gasteiger partial charge in [-0.1, -0.05) is 88.7 Å². The quantitative estimate of drug-likeness (QED) is 0.497. The van der Waals surface area contributed by atoms with Crippen molar-refractivity contribution in [3.05, 3.63) is 106 Å². The third kappa shape index (κ3) is 5.23. The van der Waals surface area contributed by atoms with Crippen molar-refractivity contribution in [2.24, 2.45) is 0 Å². The summed E-state index contributed by atoms with van der Waals surface area (Å²) >= 11 is 3.50. The molecule has 37 heavy (non-hydrogen) atoms. The van der Waals surface area contributed by atoms with E-state index in [-0.39, 0.29) is 30.9 Å². The molecule has 2 atom stereocenters. The number of piperazine rings is 1. The number of hydrazine groups is 1. The molecule has 8 nitrogen and oxygen atoms in total. The number of nitrogens with zero attached hydrogens (tertiary/aromatic N) is 4. The van der Waals surface area contributed by atoms with Crippen LogP contribution in [-0.4, -0.2) is 64.0 Å². The van der Waals surface area contributed by atoms with Crippen LogP contribution in [0.25, 0.3) is 0 Å². The zero-order valence-electron chi connectivity index (χ0n) is 20.5. The van der Waals surface area contributed by atoms with Crippen LogP contribution in [0.2, 0.25) is 0 Å². The molecule has 0 saturated carbocycles. The number of amides is 4. The van der Waals surface area contributed by atoms with E-state index in [9.17, 15) is 14.4 Å². The van der Waals surface area contributed by atoms with Crippen LogP contribution in [0.1, 0.15) is 22.7 Å². The summed E-state index contributed by atoms with van der Waals surface area (Å²) in [4.78, 5) is 43.6. The topological polar surface area (TPSA) is 76.2 Å². The number of halogens is 1. The van der Waals surface area contributed by atoms with Gasteiger partial charge in [0.2, 0.25) is 5.91 Å². The zero-order chi connectivity index (χ0) is 25.9. The van der Waals surface area contributed by atoms with Crippen LogP contribution in [0, 0.1) is 0 Å². The average Bonchev–Trinajstić information content (AvgIpc) is 3.24. The summed E-state index contributed by atoms with van der Waals surface area (Å²) in [5.74, 6) is -0.314. The predicted molar refractivity (Wildman–Crippen MR) is 143 cm³/mol. The number of benzene rings is 3. The molecule has 190 valence electrons. The van der Waals surface area contributed by atoms with Crippen LogP contribution in [0.3, 0.4) is 0 Å². The molecule has 0 unspecified atom stereocenters. The van der Waals surface area contributed by atoms with Gasteiger partial charge in [-0.2, -0.15) is 5.01 Å². The van der Waals surface area contributed by atoms with Gasteiger partial charge < -0.3 is 15.1 Å². The maximum absolute atomic E-state index is 13.8. The molecule has 2 aliphatic rings. The van der Waals surface area contributed by atoms with E-state index in [1.54, 1.807) is 21.9 Å². The smallest absolute Gasteiger partial charge is 0.332 e. The number of carbonyl (C=O) groups is 3. The van der Waals surface area contributed by atoms with Gasteiger partial charge in [-0.25, -0.2) is 4.79 Å². The van der Waals surface area contributed by atoms with E-state index < -0.39 is 12.2 Å². The third-order valence-corrected chi connectivity index (χ3v) is 7.29. The first-order valence-electron chi connectivity index (χ1n) is 12.1. The Morgan fingerprint density at radius 1 is 0.973 bits per heavy atom. The normalized spacial score (nSPS) is 19.6. The van der Waals surface area contributed by atoms with E-state index in [2.05, 4.69) is 21.2 Å². The molecule has 0 bridgehead atoms. The molecule has 4 amide bonds. The Hall–Kier alpha value is -3.69. The number of rotatable bonds is 6. The molecule has 9 heteroatoms. The predicted octanol–water partition coefficient (Wildman–Crippen LogP) is 3.76. The zero-order valence-corrected chi connectivity index (χ0v) is 22.0. The standard InChI is InChI=1S/C28H28BrN5O3/c1-31(28(37)30-16-20-9-4-2-5-10-20)33-19-25(35)34-24(33)18-32(17-21-11-8-14-23(29)15-21)27(36)26(34)22-12-6-3-7-13-22/h2-15,24,26H,16-19H2,1H3,(H,30,37)/t24-,26+/m1/s1. The van der Waals surface area contributed by atoms with Gasteiger partial charge >= 0.3 is 6.03 Å². The van der Waals surface area contributed by atoms with Crippen molar-refractivity contribution in [2.75, 3.05) is 20.1 Å². The lowest BCUT2D eigenvalue weighted by Gasteiger charge is -2.45. The molecule has 0 aliphatic carbocycles. The molecule has 2 saturated heterocycles. The second-order valence-corrected chi connectivity index (χ2v) is 10.1. The Morgan fingerprint density at radius 2 is 1.65 bits per heavy atom. The fourth-order valence-corrected chi connectivity index (χ4v) is 5.41. The summed E-state index contributed by atoms with van der Waals surface area (Å²) in [6.45, 7) is 1.08. The molecule has 0 aromatic heterocycles. The van der Waals surface area contributed by atoms with Crippen LogP contribution in [0.5, 0.6) is 0 Å². The fourth-order valence-electron chi connectivity index (χ4n) is 4.96. The van der Waals surface area contributed by atoms with Crippen molar-refractivity contribution < 1.29 is 14.4 Å². The lowest BCUT2D eigenvalue weighted by Crippen LogP contribution is -2.62. The Kier molecular flexibility index (Phi) is 7.25. The van der Waals surface area contributed by atoms with Gasteiger partial charge in [0.15, 0.2) is 0 Å². The average molecular weight is 562 g/mol. The molecule has 2 heterocycles. The maximum Gasteiger partial charge on any atom is 0.332 e. The number of hydrogen-bond donors (Lipinski definition) is 1. The molecule has 1 N–H and O–H groups in total. The van der Waals surface area contributed by atoms with Crippen molar-refractivity contribution in [3.63, 3.8) is 0 Å². The Morgan fingerprint density at radius 3 is 2.35 bits per heavy atom. The molecule has 5 rings (SSSR count). The van der Waals surface area contributed by atoms with Gasteiger partial charge in [-0.05, 0) is 28.8 Å². The summed E-state index contributed by atoms with van der Waals surface area (Å²) in [6, 6.07) is 25.8. The number of urea groups is 1. The Labute approximate surface area is 224 Å². The summed E-state index contributed by atoms with van der Waals surface area (Å²) in [7, 11) is 1.66. The highest BCUT2D eigenvalue weighted by Gasteiger charge is 2.52. The molecule has 3 aromatic rings. The molecular formula is C28H28BrN5O3. The lowest BCUT2D eigenvalue weighted by molar-refractivity contribution is -0.157. The minimum absolute atomic E-state index is 0.0151. The van der Waals surface area contributed by atoms with E-state index in [1.165, 1.54) is 5.01 Å². The van der Waals surface area contributed by atoms with E-state index in [0.29, 0.717) is 13.1 Å². The van der Waals surface area contributed by atoms with Crippen molar-refractivity contribution in [3.8, 4) is 0 Å². The summed E-state index contributed by atoms with van der Waals surface area (Å²) < 4.78 is 0.934. The van der Waals surface area contributed by atoms with Gasteiger partial charge in [0.05, 0.1) is 13.1 Å². The fraction of sp³-hybridized carbons (Fsp3) is 0.250. The second-order valence-electron chi connectivity index (χ2n) is 9.21. The minimum Gasteiger partial charge on any atom is -0.333 e. The van der Waals surface area contributed by atoms with Crippen LogP contribution in [0.15, 0.2) is 89.4 Å². The van der Waals surface area contributed by atoms with Crippen molar-refractivity contribution in [2.45, 2.75) is 25.3 Å². The SMILES string of the molecule is CN(C(=O)NCc1ccccc1)N1CC(=O)N2[C@@H](c3ccccc3)C(=O)N(Cc3cccc(Br)c3)C[C@@H]21. The van der Waals surface area contributed by atoms with Gasteiger partial charge in [0.25, 0.3) is 5.91 Å². The van der Waals surface area contributed by atoms with E-state index in [4.69, 9.17) is 0 Å². The maximum atomic E-state index is 13.8. The third-order valence-electron chi connectivity index (χ3n) is 6.80. The van der Waals surface area contributed by atoms with Crippen LogP contribution >= 0.6 is 15.9 Å². The highest BCUT2D eigenvalue weighted by molar-refractivity contribution is 9.10. The molecule has 2 aliphatic heterocycles. The summed E-state index contributed by atoms with van der Waals surface area (Å²) in [6.07, 6.45) is -0.477. The Balaban J connectivity index is 1.41. The summed E-state index contributed by atoms with van der Waals surface area (Å²) in [5.41, 5.74) is 2.71. The number of fused-ring (bicyclic) bond motifs is 1. The molecule has 3 aromatic carbocycles. The summed E-state index contributed by atoms with van der Waals surface area (Å²) in [5, 5.41) is 6.13. The number of carbonyl (C=O) groups excluding carboxylic acids is 3. The molecule has 2 fully saturated rings. The largest absolute Gasteiger partial charge is 0.333 e. The van der Waals surface area contributed by atoms with Gasteiger partial charge in [0, 0.05) is 24.6 Å². The van der Waals surface area contributed by atoms with Crippen molar-refractivity contribution >= 4 is 33.8 Å². The van der Waals surface area contributed by atoms with Crippen LogP contribution in [0.4, 0.5) is 4.79 Å². The number of hydrogen-bond acceptors (Lipinski definition) is 4. The second kappa shape index (κ2) is 10.7. The van der Waals surface area contributed by atoms with E-state index >= 15 is 0 Å². The number of nitrogens with one attached hydrogen (secondary N) is 1. The van der Waals surface area contributed by atoms with Gasteiger partial charge in [0.1, 0.15) is 12.2 Å². The van der Waals surface area contributed by atoms with Crippen LogP contribution in [-0.2, 0) is 22.7 Å². The van der Waals surface area contributed by atoms with Crippen molar-refractivity contribution in [1.29, 1.82) is 0 Å². The monoisotopic (exact) mass is 561 g/mol. The lowest BCUT2D eigenvalue weighted by atomic mass is 10.00. The minimum atomic E-state index is -0.759. The van der Waals surface area contributed by atoms with Gasteiger partial charge in [-0.15, -0.1) is 0 Å². The van der Waals surface area contributed by atoms with E-state index in [1.807, 2.05) is 84.9 Å². The molecular weight excluding hydrogens is 534 g/mol.